The Balaban J connectivity index is 2.02. The van der Waals surface area contributed by atoms with Gasteiger partial charge in [0, 0.05) is 16.6 Å². The van der Waals surface area contributed by atoms with E-state index in [0.717, 1.165) is 30.2 Å². The molecule has 0 atom stereocenters. The van der Waals surface area contributed by atoms with Crippen molar-refractivity contribution >= 4 is 45.1 Å². The number of carbonyl (C=O) groups excluding carboxylic acids is 1. The van der Waals surface area contributed by atoms with Crippen LogP contribution < -0.4 is 5.32 Å². The zero-order valence-electron chi connectivity index (χ0n) is 11.5. The van der Waals surface area contributed by atoms with E-state index in [-0.39, 0.29) is 18.7 Å². The molecule has 0 radical (unpaired) electrons. The van der Waals surface area contributed by atoms with Crippen LogP contribution >= 0.6 is 27.5 Å². The number of carbonyl (C=O) groups is 2. The third kappa shape index (κ3) is 4.45. The Morgan fingerprint density at radius 3 is 2.52 bits per heavy atom. The predicted octanol–water partition coefficient (Wildman–Crippen LogP) is 4.47. The van der Waals surface area contributed by atoms with Gasteiger partial charge in [-0.1, -0.05) is 24.4 Å². The molecule has 1 aromatic rings. The second kappa shape index (κ2) is 6.79. The number of rotatable bonds is 5. The zero-order chi connectivity index (χ0) is 15.5. The van der Waals surface area contributed by atoms with Crippen molar-refractivity contribution < 1.29 is 14.7 Å². The largest absolute Gasteiger partial charge is 0.481 e. The molecule has 1 fully saturated rings. The summed E-state index contributed by atoms with van der Waals surface area (Å²) in [5.41, 5.74) is 0.228. The first-order valence-corrected chi connectivity index (χ1v) is 8.04. The van der Waals surface area contributed by atoms with Gasteiger partial charge >= 0.3 is 5.97 Å². The molecule has 2 rings (SSSR count). The van der Waals surface area contributed by atoms with Crippen LogP contribution in [0.4, 0.5) is 5.69 Å². The van der Waals surface area contributed by atoms with E-state index in [9.17, 15) is 9.59 Å². The first kappa shape index (κ1) is 16.3. The molecule has 4 nitrogen and oxygen atoms in total. The van der Waals surface area contributed by atoms with Gasteiger partial charge in [0.2, 0.25) is 5.91 Å². The first-order valence-electron chi connectivity index (χ1n) is 6.87. The zero-order valence-corrected chi connectivity index (χ0v) is 13.8. The summed E-state index contributed by atoms with van der Waals surface area (Å²) in [6, 6.07) is 5.19. The van der Waals surface area contributed by atoms with Gasteiger partial charge in [-0.05, 0) is 52.4 Å². The topological polar surface area (TPSA) is 66.4 Å². The highest BCUT2D eigenvalue weighted by Gasteiger charge is 2.37. The molecule has 1 saturated carbocycles. The lowest BCUT2D eigenvalue weighted by Gasteiger charge is -2.26. The Morgan fingerprint density at radius 1 is 1.29 bits per heavy atom. The smallest absolute Gasteiger partial charge is 0.303 e. The van der Waals surface area contributed by atoms with Gasteiger partial charge in [-0.3, -0.25) is 9.59 Å². The number of benzene rings is 1. The van der Waals surface area contributed by atoms with Crippen molar-refractivity contribution in [3.8, 4) is 0 Å². The third-order valence-electron chi connectivity index (χ3n) is 3.93. The molecule has 1 aliphatic carbocycles. The fourth-order valence-electron chi connectivity index (χ4n) is 2.98. The van der Waals surface area contributed by atoms with Crippen molar-refractivity contribution in [2.75, 3.05) is 5.32 Å². The van der Waals surface area contributed by atoms with Gasteiger partial charge < -0.3 is 10.4 Å². The van der Waals surface area contributed by atoms with Crippen LogP contribution in [0.25, 0.3) is 0 Å². The molecule has 0 saturated heterocycles. The van der Waals surface area contributed by atoms with E-state index < -0.39 is 11.4 Å². The van der Waals surface area contributed by atoms with Crippen LogP contribution in [0.3, 0.4) is 0 Å². The lowest BCUT2D eigenvalue weighted by atomic mass is 9.79. The molecule has 1 amide bonds. The Morgan fingerprint density at radius 2 is 1.95 bits per heavy atom. The fraction of sp³-hybridized carbons (Fsp3) is 0.467. The summed E-state index contributed by atoms with van der Waals surface area (Å²) >= 11 is 9.28. The number of hydrogen-bond acceptors (Lipinski definition) is 2. The molecular formula is C15H17BrClNO3. The van der Waals surface area contributed by atoms with E-state index >= 15 is 0 Å². The molecule has 2 N–H and O–H groups in total. The standard InChI is InChI=1S/C15H17BrClNO3/c16-11-4-3-10(7-12(11)17)18-13(19)8-15(9-14(20)21)5-1-2-6-15/h3-4,7H,1-2,5-6,8-9H2,(H,18,19)(H,20,21). The van der Waals surface area contributed by atoms with Crippen LogP contribution in [0, 0.1) is 5.41 Å². The van der Waals surface area contributed by atoms with Crippen molar-refractivity contribution in [2.45, 2.75) is 38.5 Å². The van der Waals surface area contributed by atoms with Gasteiger partial charge in [0.15, 0.2) is 0 Å². The second-order valence-electron chi connectivity index (χ2n) is 5.63. The lowest BCUT2D eigenvalue weighted by Crippen LogP contribution is -2.27. The lowest BCUT2D eigenvalue weighted by molar-refractivity contribution is -0.140. The van der Waals surface area contributed by atoms with Crippen LogP contribution in [0.1, 0.15) is 38.5 Å². The normalized spacial score (nSPS) is 16.7. The van der Waals surface area contributed by atoms with E-state index in [1.165, 1.54) is 0 Å². The van der Waals surface area contributed by atoms with E-state index in [1.807, 2.05) is 0 Å². The van der Waals surface area contributed by atoms with Crippen LogP contribution in [0.2, 0.25) is 5.02 Å². The average molecular weight is 375 g/mol. The molecule has 0 bridgehead atoms. The maximum atomic E-state index is 12.2. The predicted molar refractivity (Wildman–Crippen MR) is 85.6 cm³/mol. The van der Waals surface area contributed by atoms with Crippen molar-refractivity contribution in [2.24, 2.45) is 5.41 Å². The first-order chi connectivity index (χ1) is 9.90. The van der Waals surface area contributed by atoms with Gasteiger partial charge in [0.1, 0.15) is 0 Å². The molecule has 1 aliphatic rings. The quantitative estimate of drug-likeness (QED) is 0.799. The summed E-state index contributed by atoms with van der Waals surface area (Å²) < 4.78 is 0.764. The highest BCUT2D eigenvalue weighted by atomic mass is 79.9. The Bertz CT molecular complexity index is 556. The number of hydrogen-bond donors (Lipinski definition) is 2. The number of amides is 1. The summed E-state index contributed by atoms with van der Waals surface area (Å²) in [5, 5.41) is 12.4. The van der Waals surface area contributed by atoms with Crippen molar-refractivity contribution in [1.29, 1.82) is 0 Å². The van der Waals surface area contributed by atoms with Gasteiger partial charge in [0.25, 0.3) is 0 Å². The third-order valence-corrected chi connectivity index (χ3v) is 5.16. The summed E-state index contributed by atoms with van der Waals surface area (Å²) in [4.78, 5) is 23.2. The number of carboxylic acid groups (broad SMARTS) is 1. The van der Waals surface area contributed by atoms with Crippen molar-refractivity contribution in [1.82, 2.24) is 0 Å². The number of halogens is 2. The number of anilines is 1. The van der Waals surface area contributed by atoms with Crippen LogP contribution in [-0.2, 0) is 9.59 Å². The van der Waals surface area contributed by atoms with Crippen LogP contribution in [0.5, 0.6) is 0 Å². The van der Waals surface area contributed by atoms with Crippen LogP contribution in [0.15, 0.2) is 22.7 Å². The monoisotopic (exact) mass is 373 g/mol. The second-order valence-corrected chi connectivity index (χ2v) is 6.89. The Hall–Kier alpha value is -1.07. The maximum Gasteiger partial charge on any atom is 0.303 e. The molecular weight excluding hydrogens is 358 g/mol. The Kier molecular flexibility index (Phi) is 5.27. The molecule has 114 valence electrons. The molecule has 0 heterocycles. The summed E-state index contributed by atoms with van der Waals surface area (Å²) in [6.07, 6.45) is 3.88. The minimum absolute atomic E-state index is 0.0571. The number of carboxylic acids is 1. The van der Waals surface area contributed by atoms with Crippen molar-refractivity contribution in [3.05, 3.63) is 27.7 Å². The van der Waals surface area contributed by atoms with Gasteiger partial charge in [-0.25, -0.2) is 0 Å². The molecule has 0 spiro atoms. The van der Waals surface area contributed by atoms with Crippen molar-refractivity contribution in [3.63, 3.8) is 0 Å². The molecule has 6 heteroatoms. The molecule has 0 unspecified atom stereocenters. The summed E-state index contributed by atoms with van der Waals surface area (Å²) in [7, 11) is 0. The SMILES string of the molecule is O=C(O)CC1(CC(=O)Nc2ccc(Br)c(Cl)c2)CCCC1. The molecule has 1 aromatic carbocycles. The highest BCUT2D eigenvalue weighted by molar-refractivity contribution is 9.10. The fourth-order valence-corrected chi connectivity index (χ4v) is 3.41. The highest BCUT2D eigenvalue weighted by Crippen LogP contribution is 2.44. The van der Waals surface area contributed by atoms with E-state index in [2.05, 4.69) is 21.2 Å². The molecule has 0 aliphatic heterocycles. The van der Waals surface area contributed by atoms with Gasteiger partial charge in [0.05, 0.1) is 11.4 Å². The van der Waals surface area contributed by atoms with E-state index in [1.54, 1.807) is 18.2 Å². The maximum absolute atomic E-state index is 12.2. The average Bonchev–Trinajstić information content (AvgIpc) is 2.80. The minimum atomic E-state index is -0.837. The summed E-state index contributed by atoms with van der Waals surface area (Å²) in [5.74, 6) is -0.993. The van der Waals surface area contributed by atoms with Crippen LogP contribution in [-0.4, -0.2) is 17.0 Å². The van der Waals surface area contributed by atoms with E-state index in [4.69, 9.17) is 16.7 Å². The van der Waals surface area contributed by atoms with Gasteiger partial charge in [-0.15, -0.1) is 0 Å². The minimum Gasteiger partial charge on any atom is -0.481 e. The number of nitrogens with one attached hydrogen (secondary N) is 1. The Labute approximate surface area is 137 Å². The summed E-state index contributed by atoms with van der Waals surface area (Å²) in [6.45, 7) is 0. The number of aliphatic carboxylic acids is 1. The molecule has 21 heavy (non-hydrogen) atoms. The van der Waals surface area contributed by atoms with Gasteiger partial charge in [-0.2, -0.15) is 0 Å². The van der Waals surface area contributed by atoms with E-state index in [0.29, 0.717) is 10.7 Å². The molecule has 0 aromatic heterocycles.